The van der Waals surface area contributed by atoms with Crippen molar-refractivity contribution in [2.45, 2.75) is 52.5 Å². The summed E-state index contributed by atoms with van der Waals surface area (Å²) in [7, 11) is 0. The van der Waals surface area contributed by atoms with Gasteiger partial charge in [-0.05, 0) is 25.0 Å². The fourth-order valence-electron chi connectivity index (χ4n) is 2.30. The number of nitrogens with one attached hydrogen (secondary N) is 1. The van der Waals surface area contributed by atoms with Gasteiger partial charge in [0.05, 0.1) is 0 Å². The van der Waals surface area contributed by atoms with Crippen LogP contribution in [0.25, 0.3) is 11.3 Å². The molecule has 1 unspecified atom stereocenters. The molecule has 1 atom stereocenters. The van der Waals surface area contributed by atoms with Crippen LogP contribution in [-0.4, -0.2) is 11.0 Å². The molecule has 0 saturated carbocycles. The SMILES string of the molecule is CCCCC(CC)Nc1ccc(-c2coc(C)n2)cc1. The number of nitrogens with zero attached hydrogens (tertiary/aromatic N) is 1. The predicted molar refractivity (Wildman–Crippen MR) is 83.9 cm³/mol. The van der Waals surface area contributed by atoms with E-state index < -0.39 is 0 Å². The Labute approximate surface area is 121 Å². The standard InChI is InChI=1S/C17H24N2O/c1-4-6-7-15(5-2)19-16-10-8-14(9-11-16)17-12-20-13(3)18-17/h8-12,15,19H,4-7H2,1-3H3. The molecule has 1 heterocycles. The van der Waals surface area contributed by atoms with Gasteiger partial charge in [0.25, 0.3) is 0 Å². The fraction of sp³-hybridized carbons (Fsp3) is 0.471. The molecule has 2 rings (SSSR count). The zero-order valence-electron chi connectivity index (χ0n) is 12.6. The van der Waals surface area contributed by atoms with Crippen molar-refractivity contribution in [3.05, 3.63) is 36.4 Å². The van der Waals surface area contributed by atoms with E-state index in [1.807, 2.05) is 6.92 Å². The summed E-state index contributed by atoms with van der Waals surface area (Å²) in [6, 6.07) is 8.98. The maximum Gasteiger partial charge on any atom is 0.191 e. The molecule has 108 valence electrons. The highest BCUT2D eigenvalue weighted by molar-refractivity contribution is 5.61. The molecule has 0 bridgehead atoms. The topological polar surface area (TPSA) is 38.1 Å². The van der Waals surface area contributed by atoms with Gasteiger partial charge in [0, 0.05) is 24.2 Å². The average Bonchev–Trinajstić information content (AvgIpc) is 2.90. The second-order valence-electron chi connectivity index (χ2n) is 5.22. The fourth-order valence-corrected chi connectivity index (χ4v) is 2.30. The Bertz CT molecular complexity index is 516. The Morgan fingerprint density at radius 3 is 2.50 bits per heavy atom. The lowest BCUT2D eigenvalue weighted by Crippen LogP contribution is -2.18. The summed E-state index contributed by atoms with van der Waals surface area (Å²) >= 11 is 0. The van der Waals surface area contributed by atoms with E-state index in [0.717, 1.165) is 17.7 Å². The van der Waals surface area contributed by atoms with Crippen molar-refractivity contribution >= 4 is 5.69 Å². The van der Waals surface area contributed by atoms with Crippen LogP contribution < -0.4 is 5.32 Å². The molecule has 1 aromatic heterocycles. The van der Waals surface area contributed by atoms with Crippen molar-refractivity contribution < 1.29 is 4.42 Å². The minimum atomic E-state index is 0.565. The molecule has 3 heteroatoms. The molecule has 20 heavy (non-hydrogen) atoms. The van der Waals surface area contributed by atoms with Crippen molar-refractivity contribution in [1.29, 1.82) is 0 Å². The molecule has 0 aliphatic carbocycles. The maximum absolute atomic E-state index is 5.25. The largest absolute Gasteiger partial charge is 0.449 e. The quantitative estimate of drug-likeness (QED) is 0.768. The van der Waals surface area contributed by atoms with E-state index in [1.54, 1.807) is 6.26 Å². The number of anilines is 1. The summed E-state index contributed by atoms with van der Waals surface area (Å²) in [5, 5.41) is 3.60. The molecule has 0 fully saturated rings. The molecule has 3 nitrogen and oxygen atoms in total. The van der Waals surface area contributed by atoms with Gasteiger partial charge in [-0.25, -0.2) is 4.98 Å². The van der Waals surface area contributed by atoms with Gasteiger partial charge in [-0.15, -0.1) is 0 Å². The van der Waals surface area contributed by atoms with Gasteiger partial charge >= 0.3 is 0 Å². The molecule has 1 N–H and O–H groups in total. The Morgan fingerprint density at radius 1 is 1.20 bits per heavy atom. The number of hydrogen-bond acceptors (Lipinski definition) is 3. The summed E-state index contributed by atoms with van der Waals surface area (Å²) in [6.07, 6.45) is 6.62. The number of aromatic nitrogens is 1. The van der Waals surface area contributed by atoms with Gasteiger partial charge in [-0.2, -0.15) is 0 Å². The molecular weight excluding hydrogens is 248 g/mol. The van der Waals surface area contributed by atoms with Gasteiger partial charge in [0.15, 0.2) is 5.89 Å². The highest BCUT2D eigenvalue weighted by atomic mass is 16.3. The normalized spacial score (nSPS) is 12.3. The second kappa shape index (κ2) is 7.13. The summed E-state index contributed by atoms with van der Waals surface area (Å²) in [4.78, 5) is 4.34. The average molecular weight is 272 g/mol. The first-order valence-corrected chi connectivity index (χ1v) is 7.52. The van der Waals surface area contributed by atoms with Crippen LogP contribution in [-0.2, 0) is 0 Å². The Kier molecular flexibility index (Phi) is 5.22. The van der Waals surface area contributed by atoms with Crippen LogP contribution in [0.3, 0.4) is 0 Å². The van der Waals surface area contributed by atoms with Crippen LogP contribution in [0.2, 0.25) is 0 Å². The first-order chi connectivity index (χ1) is 9.72. The summed E-state index contributed by atoms with van der Waals surface area (Å²) in [5.74, 6) is 0.702. The second-order valence-corrected chi connectivity index (χ2v) is 5.22. The van der Waals surface area contributed by atoms with Crippen LogP contribution in [0.4, 0.5) is 5.69 Å². The lowest BCUT2D eigenvalue weighted by molar-refractivity contribution is 0.521. The Hall–Kier alpha value is -1.77. The third kappa shape index (κ3) is 3.86. The Balaban J connectivity index is 2.00. The number of benzene rings is 1. The molecule has 0 spiro atoms. The number of aryl methyl sites for hydroxylation is 1. The lowest BCUT2D eigenvalue weighted by Gasteiger charge is -2.18. The Morgan fingerprint density at radius 2 is 1.95 bits per heavy atom. The smallest absolute Gasteiger partial charge is 0.191 e. The monoisotopic (exact) mass is 272 g/mol. The van der Waals surface area contributed by atoms with Crippen molar-refractivity contribution in [3.63, 3.8) is 0 Å². The highest BCUT2D eigenvalue weighted by Crippen LogP contribution is 2.22. The lowest BCUT2D eigenvalue weighted by atomic mass is 10.1. The molecule has 0 amide bonds. The van der Waals surface area contributed by atoms with Crippen LogP contribution in [0.1, 0.15) is 45.4 Å². The number of rotatable bonds is 7. The highest BCUT2D eigenvalue weighted by Gasteiger charge is 2.07. The summed E-state index contributed by atoms with van der Waals surface area (Å²) in [6.45, 7) is 6.33. The summed E-state index contributed by atoms with van der Waals surface area (Å²) in [5.41, 5.74) is 3.16. The molecule has 1 aromatic carbocycles. The first kappa shape index (κ1) is 14.6. The predicted octanol–water partition coefficient (Wildman–Crippen LogP) is 5.03. The van der Waals surface area contributed by atoms with Crippen molar-refractivity contribution in [1.82, 2.24) is 4.98 Å². The van der Waals surface area contributed by atoms with Crippen LogP contribution in [0.5, 0.6) is 0 Å². The van der Waals surface area contributed by atoms with E-state index in [2.05, 4.69) is 48.4 Å². The maximum atomic E-state index is 5.25. The number of unbranched alkanes of at least 4 members (excludes halogenated alkanes) is 1. The first-order valence-electron chi connectivity index (χ1n) is 7.52. The van der Waals surface area contributed by atoms with E-state index >= 15 is 0 Å². The van der Waals surface area contributed by atoms with Gasteiger partial charge < -0.3 is 9.73 Å². The third-order valence-electron chi connectivity index (χ3n) is 3.57. The molecule has 0 aliphatic heterocycles. The third-order valence-corrected chi connectivity index (χ3v) is 3.57. The van der Waals surface area contributed by atoms with Gasteiger partial charge in [0.1, 0.15) is 12.0 Å². The zero-order valence-corrected chi connectivity index (χ0v) is 12.6. The molecule has 0 radical (unpaired) electrons. The van der Waals surface area contributed by atoms with Crippen LogP contribution in [0.15, 0.2) is 34.9 Å². The van der Waals surface area contributed by atoms with Gasteiger partial charge in [-0.3, -0.25) is 0 Å². The number of oxazole rings is 1. The van der Waals surface area contributed by atoms with Gasteiger partial charge in [-0.1, -0.05) is 38.8 Å². The van der Waals surface area contributed by atoms with Crippen LogP contribution >= 0.6 is 0 Å². The van der Waals surface area contributed by atoms with Crippen LogP contribution in [0, 0.1) is 6.92 Å². The van der Waals surface area contributed by atoms with Gasteiger partial charge in [0.2, 0.25) is 0 Å². The molecule has 2 aromatic rings. The summed E-state index contributed by atoms with van der Waals surface area (Å²) < 4.78 is 5.25. The van der Waals surface area contributed by atoms with E-state index in [9.17, 15) is 0 Å². The van der Waals surface area contributed by atoms with E-state index in [4.69, 9.17) is 4.42 Å². The van der Waals surface area contributed by atoms with Crippen molar-refractivity contribution in [3.8, 4) is 11.3 Å². The van der Waals surface area contributed by atoms with E-state index in [-0.39, 0.29) is 0 Å². The molecular formula is C17H24N2O. The molecule has 0 aliphatic rings. The zero-order chi connectivity index (χ0) is 14.4. The van der Waals surface area contributed by atoms with E-state index in [0.29, 0.717) is 11.9 Å². The van der Waals surface area contributed by atoms with E-state index in [1.165, 1.54) is 24.9 Å². The minimum absolute atomic E-state index is 0.565. The number of hydrogen-bond donors (Lipinski definition) is 1. The van der Waals surface area contributed by atoms with Crippen molar-refractivity contribution in [2.24, 2.45) is 0 Å². The molecule has 0 saturated heterocycles. The van der Waals surface area contributed by atoms with Crippen molar-refractivity contribution in [2.75, 3.05) is 5.32 Å². The minimum Gasteiger partial charge on any atom is -0.449 e.